The maximum Gasteiger partial charge on any atom is 0.329 e. The molecule has 1 amide bonds. The first-order valence-corrected chi connectivity index (χ1v) is 8.81. The molecule has 11 nitrogen and oxygen atoms in total. The predicted molar refractivity (Wildman–Crippen MR) is 94.6 cm³/mol. The van der Waals surface area contributed by atoms with E-state index in [4.69, 9.17) is 34.5 Å². The van der Waals surface area contributed by atoms with Gasteiger partial charge in [0.15, 0.2) is 0 Å². The van der Waals surface area contributed by atoms with Crippen LogP contribution >= 0.6 is 0 Å². The zero-order chi connectivity index (χ0) is 20.0. The first-order valence-electron chi connectivity index (χ1n) is 8.81. The smallest absolute Gasteiger partial charge is 0.329 e. The van der Waals surface area contributed by atoms with E-state index in [1.54, 1.807) is 0 Å². The fourth-order valence-corrected chi connectivity index (χ4v) is 1.61. The summed E-state index contributed by atoms with van der Waals surface area (Å²) < 4.78 is 31.0. The van der Waals surface area contributed by atoms with Gasteiger partial charge in [0.1, 0.15) is 13.2 Å². The molecule has 0 heterocycles. The van der Waals surface area contributed by atoms with E-state index < -0.39 is 12.6 Å². The van der Waals surface area contributed by atoms with Crippen molar-refractivity contribution in [1.82, 2.24) is 5.32 Å². The zero-order valence-corrected chi connectivity index (χ0v) is 15.7. The van der Waals surface area contributed by atoms with Crippen LogP contribution < -0.4 is 11.1 Å². The maximum absolute atomic E-state index is 11.2. The number of amides is 1. The van der Waals surface area contributed by atoms with Crippen LogP contribution in [0.1, 0.15) is 0 Å². The molecule has 0 aliphatic heterocycles. The lowest BCUT2D eigenvalue weighted by Gasteiger charge is -2.08. The van der Waals surface area contributed by atoms with Gasteiger partial charge in [-0.25, -0.2) is 4.79 Å². The Balaban J connectivity index is 3.10. The van der Waals surface area contributed by atoms with Gasteiger partial charge < -0.3 is 44.6 Å². The highest BCUT2D eigenvalue weighted by atomic mass is 16.6. The molecule has 0 unspecified atom stereocenters. The molecule has 0 rings (SSSR count). The van der Waals surface area contributed by atoms with Crippen LogP contribution in [0.2, 0.25) is 0 Å². The summed E-state index contributed by atoms with van der Waals surface area (Å²) in [5.41, 5.74) is 5.28. The first kappa shape index (κ1) is 25.7. The van der Waals surface area contributed by atoms with Crippen LogP contribution in [0.25, 0.3) is 0 Å². The third-order valence-corrected chi connectivity index (χ3v) is 2.78. The molecule has 0 fully saturated rings. The van der Waals surface area contributed by atoms with Crippen molar-refractivity contribution >= 4 is 11.9 Å². The number of carbonyl (C=O) groups is 2. The van der Waals surface area contributed by atoms with Gasteiger partial charge in [-0.05, 0) is 0 Å². The highest BCUT2D eigenvalue weighted by Gasteiger charge is 2.02. The molecule has 0 saturated heterocycles. The van der Waals surface area contributed by atoms with Gasteiger partial charge in [0, 0.05) is 13.1 Å². The summed E-state index contributed by atoms with van der Waals surface area (Å²) in [4.78, 5) is 21.4. The van der Waals surface area contributed by atoms with Gasteiger partial charge in [0.2, 0.25) is 5.91 Å². The lowest BCUT2D eigenvalue weighted by atomic mass is 10.6. The molecule has 0 saturated carbocycles. The summed E-state index contributed by atoms with van der Waals surface area (Å²) >= 11 is 0. The van der Waals surface area contributed by atoms with Crippen molar-refractivity contribution < 1.29 is 43.1 Å². The van der Waals surface area contributed by atoms with Crippen molar-refractivity contribution in [3.63, 3.8) is 0 Å². The minimum Gasteiger partial charge on any atom is -0.480 e. The molecule has 27 heavy (non-hydrogen) atoms. The van der Waals surface area contributed by atoms with Crippen molar-refractivity contribution in [2.24, 2.45) is 5.73 Å². The minimum absolute atomic E-state index is 0.289. The van der Waals surface area contributed by atoms with E-state index in [1.807, 2.05) is 0 Å². The Hall–Kier alpha value is -1.34. The highest BCUT2D eigenvalue weighted by Crippen LogP contribution is 1.84. The van der Waals surface area contributed by atoms with E-state index in [2.05, 4.69) is 10.1 Å². The summed E-state index contributed by atoms with van der Waals surface area (Å²) in [5.74, 6) is -1.51. The second-order valence-electron chi connectivity index (χ2n) is 5.09. The third kappa shape index (κ3) is 22.6. The van der Waals surface area contributed by atoms with Crippen LogP contribution in [0.3, 0.4) is 0 Å². The van der Waals surface area contributed by atoms with Crippen molar-refractivity contribution in [2.45, 2.75) is 0 Å². The molecule has 0 radical (unpaired) electrons. The average Bonchev–Trinajstić information content (AvgIpc) is 2.64. The molecule has 160 valence electrons. The molecule has 0 aliphatic carbocycles. The topological polar surface area (TPSA) is 148 Å². The molecule has 0 spiro atoms. The monoisotopic (exact) mass is 396 g/mol. The van der Waals surface area contributed by atoms with Crippen LogP contribution in [0.5, 0.6) is 0 Å². The number of aliphatic carboxylic acids is 1. The van der Waals surface area contributed by atoms with E-state index in [-0.39, 0.29) is 12.5 Å². The standard InChI is InChI=1S/C16H32N2O9/c17-1-3-22-5-7-24-9-11-26-12-10-25-8-6-23-4-2-18-15(19)13-27-14-16(20)21/h1-14,17H2,(H,18,19)(H,20,21). The van der Waals surface area contributed by atoms with E-state index >= 15 is 0 Å². The number of rotatable bonds is 21. The van der Waals surface area contributed by atoms with Crippen molar-refractivity contribution in [1.29, 1.82) is 0 Å². The Kier molecular flexibility index (Phi) is 19.9. The number of hydrogen-bond donors (Lipinski definition) is 3. The Labute approximate surface area is 159 Å². The van der Waals surface area contributed by atoms with E-state index in [1.165, 1.54) is 0 Å². The van der Waals surface area contributed by atoms with Crippen LogP contribution in [-0.4, -0.2) is 109 Å². The van der Waals surface area contributed by atoms with E-state index in [0.29, 0.717) is 79.2 Å². The summed E-state index contributed by atoms with van der Waals surface area (Å²) in [7, 11) is 0. The Morgan fingerprint density at radius 3 is 1.56 bits per heavy atom. The first-order chi connectivity index (χ1) is 13.2. The van der Waals surface area contributed by atoms with Gasteiger partial charge in [0.25, 0.3) is 0 Å². The van der Waals surface area contributed by atoms with Gasteiger partial charge in [0.05, 0.1) is 66.1 Å². The average molecular weight is 396 g/mol. The fourth-order valence-electron chi connectivity index (χ4n) is 1.61. The summed E-state index contributed by atoms with van der Waals surface area (Å²) in [6.45, 7) is 4.71. The van der Waals surface area contributed by atoms with E-state index in [0.717, 1.165) is 0 Å². The Morgan fingerprint density at radius 2 is 1.11 bits per heavy atom. The molecular weight excluding hydrogens is 364 g/mol. The van der Waals surface area contributed by atoms with Gasteiger partial charge in [-0.2, -0.15) is 0 Å². The van der Waals surface area contributed by atoms with Crippen LogP contribution in [0, 0.1) is 0 Å². The molecule has 0 aromatic heterocycles. The number of nitrogens with two attached hydrogens (primary N) is 1. The number of carboxylic acid groups (broad SMARTS) is 1. The van der Waals surface area contributed by atoms with Crippen molar-refractivity contribution in [2.75, 3.05) is 92.4 Å². The van der Waals surface area contributed by atoms with Gasteiger partial charge in [-0.1, -0.05) is 0 Å². The second-order valence-corrected chi connectivity index (χ2v) is 5.09. The minimum atomic E-state index is -1.12. The Bertz CT molecular complexity index is 359. The molecule has 11 heteroatoms. The predicted octanol–water partition coefficient (Wildman–Crippen LogP) is -1.75. The largest absolute Gasteiger partial charge is 0.480 e. The zero-order valence-electron chi connectivity index (χ0n) is 15.7. The molecule has 0 aromatic rings. The normalized spacial score (nSPS) is 10.9. The highest BCUT2D eigenvalue weighted by molar-refractivity contribution is 5.77. The van der Waals surface area contributed by atoms with Crippen molar-refractivity contribution in [3.05, 3.63) is 0 Å². The molecule has 4 N–H and O–H groups in total. The van der Waals surface area contributed by atoms with Gasteiger partial charge >= 0.3 is 5.97 Å². The maximum atomic E-state index is 11.2. The van der Waals surface area contributed by atoms with Gasteiger partial charge in [-0.15, -0.1) is 0 Å². The van der Waals surface area contributed by atoms with Crippen LogP contribution in [0.15, 0.2) is 0 Å². The quantitative estimate of drug-likeness (QED) is 0.191. The third-order valence-electron chi connectivity index (χ3n) is 2.78. The lowest BCUT2D eigenvalue weighted by Crippen LogP contribution is -2.31. The molecule has 0 bridgehead atoms. The van der Waals surface area contributed by atoms with Crippen LogP contribution in [-0.2, 0) is 38.0 Å². The van der Waals surface area contributed by atoms with E-state index in [9.17, 15) is 9.59 Å². The lowest BCUT2D eigenvalue weighted by molar-refractivity contribution is -0.143. The number of carboxylic acids is 1. The number of nitrogens with one attached hydrogen (secondary N) is 1. The van der Waals surface area contributed by atoms with Crippen molar-refractivity contribution in [3.8, 4) is 0 Å². The van der Waals surface area contributed by atoms with Gasteiger partial charge in [-0.3, -0.25) is 4.79 Å². The summed E-state index contributed by atoms with van der Waals surface area (Å²) in [6, 6.07) is 0. The molecule has 0 aromatic carbocycles. The SMILES string of the molecule is NCCOCCOCCOCCOCCOCCNC(=O)COCC(=O)O. The van der Waals surface area contributed by atoms with Crippen LogP contribution in [0.4, 0.5) is 0 Å². The Morgan fingerprint density at radius 1 is 0.667 bits per heavy atom. The number of hydrogen-bond acceptors (Lipinski definition) is 9. The fraction of sp³-hybridized carbons (Fsp3) is 0.875. The summed E-state index contributed by atoms with van der Waals surface area (Å²) in [6.07, 6.45) is 0. The number of ether oxygens (including phenoxy) is 6. The molecule has 0 aliphatic rings. The molecule has 0 atom stereocenters. The summed E-state index contributed by atoms with van der Waals surface area (Å²) in [5, 5.41) is 10.9. The molecular formula is C16H32N2O9. The number of carbonyl (C=O) groups excluding carboxylic acids is 1. The second kappa shape index (κ2) is 21.0.